The first-order valence-corrected chi connectivity index (χ1v) is 6.66. The van der Waals surface area contributed by atoms with Gasteiger partial charge < -0.3 is 10.2 Å². The molecule has 0 aromatic carbocycles. The average molecular weight is 255 g/mol. The van der Waals surface area contributed by atoms with Crippen LogP contribution in [0.4, 0.5) is 0 Å². The van der Waals surface area contributed by atoms with Gasteiger partial charge in [-0.2, -0.15) is 0 Å². The molecule has 2 N–H and O–H groups in total. The van der Waals surface area contributed by atoms with Crippen molar-refractivity contribution >= 4 is 17.3 Å². The highest BCUT2D eigenvalue weighted by Gasteiger charge is 2.26. The zero-order valence-electron chi connectivity index (χ0n) is 9.80. The maximum Gasteiger partial charge on any atom is 0.346 e. The zero-order chi connectivity index (χ0) is 12.4. The van der Waals surface area contributed by atoms with Crippen LogP contribution in [0.15, 0.2) is 11.4 Å². The molecule has 1 aromatic heterocycles. The van der Waals surface area contributed by atoms with Gasteiger partial charge in [0.25, 0.3) is 0 Å². The van der Waals surface area contributed by atoms with Crippen LogP contribution in [-0.4, -0.2) is 40.3 Å². The number of hydrogen-bond donors (Lipinski definition) is 2. The van der Waals surface area contributed by atoms with Gasteiger partial charge in [0.2, 0.25) is 0 Å². The molecule has 2 rings (SSSR count). The number of nitrogens with zero attached hydrogens (tertiary/aromatic N) is 1. The third kappa shape index (κ3) is 2.86. The molecule has 2 unspecified atom stereocenters. The Morgan fingerprint density at radius 2 is 2.47 bits per heavy atom. The van der Waals surface area contributed by atoms with Gasteiger partial charge in [-0.15, -0.1) is 11.3 Å². The molecule has 17 heavy (non-hydrogen) atoms. The third-order valence-electron chi connectivity index (χ3n) is 3.33. The van der Waals surface area contributed by atoms with Gasteiger partial charge in [-0.05, 0) is 42.8 Å². The minimum Gasteiger partial charge on any atom is -0.477 e. The summed E-state index contributed by atoms with van der Waals surface area (Å²) in [4.78, 5) is 13.6. The van der Waals surface area contributed by atoms with Crippen LogP contribution in [0.2, 0.25) is 0 Å². The lowest BCUT2D eigenvalue weighted by molar-refractivity contribution is 0.0699. The predicted molar refractivity (Wildman–Crippen MR) is 66.3 cm³/mol. The number of aliphatic hydroxyl groups is 1. The molecule has 0 bridgehead atoms. The molecule has 1 saturated heterocycles. The third-order valence-corrected chi connectivity index (χ3v) is 4.27. The summed E-state index contributed by atoms with van der Waals surface area (Å²) in [6.45, 7) is 4.28. The van der Waals surface area contributed by atoms with E-state index in [4.69, 9.17) is 5.11 Å². The molecule has 5 heteroatoms. The Morgan fingerprint density at radius 1 is 1.71 bits per heavy atom. The quantitative estimate of drug-likeness (QED) is 0.859. The number of carbonyl (C=O) groups is 1. The fraction of sp³-hybridized carbons (Fsp3) is 0.583. The number of aromatic carboxylic acids is 1. The summed E-state index contributed by atoms with van der Waals surface area (Å²) in [6, 6.07) is 1.88. The Balaban J connectivity index is 1.98. The molecule has 94 valence electrons. The van der Waals surface area contributed by atoms with Gasteiger partial charge in [-0.25, -0.2) is 4.79 Å². The van der Waals surface area contributed by atoms with Crippen molar-refractivity contribution < 1.29 is 15.0 Å². The standard InChI is InChI=1S/C12H17NO3S/c1-8(14)9-2-4-13(6-9)7-10-3-5-17-11(10)12(15)16/h3,5,8-9,14H,2,4,6-7H2,1H3,(H,15,16). The second kappa shape index (κ2) is 5.16. The van der Waals surface area contributed by atoms with Crippen molar-refractivity contribution in [2.24, 2.45) is 5.92 Å². The van der Waals surface area contributed by atoms with Gasteiger partial charge >= 0.3 is 5.97 Å². The molecule has 2 heterocycles. The summed E-state index contributed by atoms with van der Waals surface area (Å²) >= 11 is 1.27. The molecule has 4 nitrogen and oxygen atoms in total. The number of rotatable bonds is 4. The fourth-order valence-corrected chi connectivity index (χ4v) is 3.04. The maximum atomic E-state index is 11.0. The monoisotopic (exact) mass is 255 g/mol. The lowest BCUT2D eigenvalue weighted by Gasteiger charge is -2.17. The number of aliphatic hydroxyl groups excluding tert-OH is 1. The van der Waals surface area contributed by atoms with Crippen LogP contribution >= 0.6 is 11.3 Å². The molecule has 1 aliphatic heterocycles. The van der Waals surface area contributed by atoms with Gasteiger partial charge in [-0.1, -0.05) is 0 Å². The first-order valence-electron chi connectivity index (χ1n) is 5.78. The Morgan fingerprint density at radius 3 is 3.06 bits per heavy atom. The van der Waals surface area contributed by atoms with Gasteiger partial charge in [0.1, 0.15) is 4.88 Å². The van der Waals surface area contributed by atoms with Crippen molar-refractivity contribution in [1.82, 2.24) is 4.90 Å². The van der Waals surface area contributed by atoms with Crippen LogP contribution in [0, 0.1) is 5.92 Å². The van der Waals surface area contributed by atoms with Crippen molar-refractivity contribution in [2.75, 3.05) is 13.1 Å². The molecular formula is C12H17NO3S. The van der Waals surface area contributed by atoms with Crippen LogP contribution in [0.5, 0.6) is 0 Å². The Hall–Kier alpha value is -0.910. The number of carboxylic acids is 1. The summed E-state index contributed by atoms with van der Waals surface area (Å²) in [6.07, 6.45) is 0.714. The minimum absolute atomic E-state index is 0.276. The molecular weight excluding hydrogens is 238 g/mol. The summed E-state index contributed by atoms with van der Waals surface area (Å²) in [5.41, 5.74) is 0.883. The van der Waals surface area contributed by atoms with Crippen molar-refractivity contribution in [3.05, 3.63) is 21.9 Å². The lowest BCUT2D eigenvalue weighted by Crippen LogP contribution is -2.24. The summed E-state index contributed by atoms with van der Waals surface area (Å²) in [5, 5.41) is 20.4. The second-order valence-electron chi connectivity index (χ2n) is 4.60. The van der Waals surface area contributed by atoms with Gasteiger partial charge in [0.15, 0.2) is 0 Å². The molecule has 1 fully saturated rings. The number of hydrogen-bond acceptors (Lipinski definition) is 4. The number of likely N-dealkylation sites (tertiary alicyclic amines) is 1. The van der Waals surface area contributed by atoms with Crippen LogP contribution < -0.4 is 0 Å². The highest BCUT2D eigenvalue weighted by atomic mass is 32.1. The zero-order valence-corrected chi connectivity index (χ0v) is 10.6. The van der Waals surface area contributed by atoms with Crippen molar-refractivity contribution in [1.29, 1.82) is 0 Å². The molecule has 0 saturated carbocycles. The van der Waals surface area contributed by atoms with E-state index in [9.17, 15) is 9.90 Å². The Bertz CT molecular complexity index is 402. The smallest absolute Gasteiger partial charge is 0.346 e. The molecule has 0 spiro atoms. The first-order chi connectivity index (χ1) is 8.08. The van der Waals surface area contributed by atoms with Crippen molar-refractivity contribution in [2.45, 2.75) is 26.0 Å². The maximum absolute atomic E-state index is 11.0. The van der Waals surface area contributed by atoms with Crippen LogP contribution in [0.1, 0.15) is 28.6 Å². The van der Waals surface area contributed by atoms with Crippen LogP contribution in [0.25, 0.3) is 0 Å². The first kappa shape index (κ1) is 12.5. The van der Waals surface area contributed by atoms with E-state index in [1.165, 1.54) is 11.3 Å². The second-order valence-corrected chi connectivity index (χ2v) is 5.52. The Kier molecular flexibility index (Phi) is 3.81. The van der Waals surface area contributed by atoms with Crippen molar-refractivity contribution in [3.63, 3.8) is 0 Å². The SMILES string of the molecule is CC(O)C1CCN(Cc2ccsc2C(=O)O)C1. The summed E-state index contributed by atoms with van der Waals surface area (Å²) in [7, 11) is 0. The number of carboxylic acid groups (broad SMARTS) is 1. The van der Waals surface area contributed by atoms with E-state index < -0.39 is 5.97 Å². The molecule has 0 aliphatic carbocycles. The summed E-state index contributed by atoms with van der Waals surface area (Å²) in [5.74, 6) is -0.525. The fourth-order valence-electron chi connectivity index (χ4n) is 2.29. The van der Waals surface area contributed by atoms with Gasteiger partial charge in [-0.3, -0.25) is 4.90 Å². The number of thiophene rings is 1. The molecule has 0 amide bonds. The van der Waals surface area contributed by atoms with E-state index in [0.717, 1.165) is 25.1 Å². The topological polar surface area (TPSA) is 60.8 Å². The van der Waals surface area contributed by atoms with Crippen LogP contribution in [-0.2, 0) is 6.54 Å². The van der Waals surface area contributed by atoms with E-state index in [1.807, 2.05) is 18.4 Å². The normalized spacial score (nSPS) is 22.8. The predicted octanol–water partition coefficient (Wildman–Crippen LogP) is 1.65. The molecule has 1 aromatic rings. The molecule has 0 radical (unpaired) electrons. The molecule has 1 aliphatic rings. The lowest BCUT2D eigenvalue weighted by atomic mass is 10.0. The van der Waals surface area contributed by atoms with E-state index in [2.05, 4.69) is 4.90 Å². The minimum atomic E-state index is -0.846. The van der Waals surface area contributed by atoms with E-state index in [-0.39, 0.29) is 6.10 Å². The summed E-state index contributed by atoms with van der Waals surface area (Å²) < 4.78 is 0. The highest BCUT2D eigenvalue weighted by molar-refractivity contribution is 7.12. The van der Waals surface area contributed by atoms with Crippen molar-refractivity contribution in [3.8, 4) is 0 Å². The Labute approximate surface area is 104 Å². The molecule has 2 atom stereocenters. The average Bonchev–Trinajstić information content (AvgIpc) is 2.86. The van der Waals surface area contributed by atoms with Gasteiger partial charge in [0, 0.05) is 13.1 Å². The largest absolute Gasteiger partial charge is 0.477 e. The van der Waals surface area contributed by atoms with Crippen LogP contribution in [0.3, 0.4) is 0 Å². The van der Waals surface area contributed by atoms with E-state index in [1.54, 1.807) is 0 Å². The van der Waals surface area contributed by atoms with E-state index >= 15 is 0 Å². The van der Waals surface area contributed by atoms with Gasteiger partial charge in [0.05, 0.1) is 6.10 Å². The van der Waals surface area contributed by atoms with E-state index in [0.29, 0.717) is 17.3 Å². The highest BCUT2D eigenvalue weighted by Crippen LogP contribution is 2.24.